The minimum atomic E-state index is -0.126. The molecule has 124 valence electrons. The number of rotatable bonds is 5. The van der Waals surface area contributed by atoms with Gasteiger partial charge in [-0.25, -0.2) is 4.98 Å². The van der Waals surface area contributed by atoms with Gasteiger partial charge in [-0.15, -0.1) is 0 Å². The molecule has 0 saturated heterocycles. The lowest BCUT2D eigenvalue weighted by atomic mass is 10.2. The average molecular weight is 331 g/mol. The number of anilines is 1. The largest absolute Gasteiger partial charge is 0.441 e. The zero-order chi connectivity index (χ0) is 17.6. The summed E-state index contributed by atoms with van der Waals surface area (Å²) in [4.78, 5) is 16.6. The third-order valence-corrected chi connectivity index (χ3v) is 3.78. The summed E-state index contributed by atoms with van der Waals surface area (Å²) in [7, 11) is 0. The second kappa shape index (κ2) is 7.45. The number of aromatic nitrogens is 1. The highest BCUT2D eigenvalue weighted by molar-refractivity contribution is 5.91. The summed E-state index contributed by atoms with van der Waals surface area (Å²) in [6.07, 6.45) is 0.782. The quantitative estimate of drug-likeness (QED) is 0.763. The van der Waals surface area contributed by atoms with E-state index in [-0.39, 0.29) is 5.91 Å². The number of aryl methyl sites for hydroxylation is 2. The van der Waals surface area contributed by atoms with Gasteiger partial charge in [0.25, 0.3) is 0 Å². The highest BCUT2D eigenvalue weighted by atomic mass is 16.4. The average Bonchev–Trinajstić information content (AvgIpc) is 3.02. The monoisotopic (exact) mass is 331 g/mol. The molecule has 0 bridgehead atoms. The van der Waals surface area contributed by atoms with Crippen LogP contribution in [0.5, 0.6) is 0 Å². The van der Waals surface area contributed by atoms with E-state index in [9.17, 15) is 4.79 Å². The topological polar surface area (TPSA) is 78.9 Å². The first-order chi connectivity index (χ1) is 12.2. The second-order valence-electron chi connectivity index (χ2n) is 5.63. The number of nitrogens with zero attached hydrogens (tertiary/aromatic N) is 2. The molecule has 0 saturated carbocycles. The van der Waals surface area contributed by atoms with Crippen LogP contribution >= 0.6 is 0 Å². The van der Waals surface area contributed by atoms with Crippen LogP contribution in [0.4, 0.5) is 5.69 Å². The number of hydrogen-bond acceptors (Lipinski definition) is 4. The van der Waals surface area contributed by atoms with E-state index in [1.165, 1.54) is 0 Å². The van der Waals surface area contributed by atoms with Crippen LogP contribution in [0.1, 0.15) is 23.4 Å². The number of oxazole rings is 1. The molecule has 0 aliphatic rings. The molecule has 0 spiro atoms. The lowest BCUT2D eigenvalue weighted by Crippen LogP contribution is -2.12. The maximum atomic E-state index is 12.1. The maximum absolute atomic E-state index is 12.1. The van der Waals surface area contributed by atoms with Crippen LogP contribution < -0.4 is 5.32 Å². The predicted octanol–water partition coefficient (Wildman–Crippen LogP) is 4.09. The fourth-order valence-electron chi connectivity index (χ4n) is 2.49. The van der Waals surface area contributed by atoms with Gasteiger partial charge in [0, 0.05) is 24.1 Å². The van der Waals surface area contributed by atoms with Crippen molar-refractivity contribution in [3.8, 4) is 17.5 Å². The summed E-state index contributed by atoms with van der Waals surface area (Å²) < 4.78 is 5.70. The van der Waals surface area contributed by atoms with Crippen LogP contribution in [0.2, 0.25) is 0 Å². The van der Waals surface area contributed by atoms with Crippen LogP contribution in [-0.4, -0.2) is 10.9 Å². The summed E-state index contributed by atoms with van der Waals surface area (Å²) in [5.41, 5.74) is 2.82. The number of benzene rings is 2. The molecule has 0 fully saturated rings. The molecule has 1 aromatic heterocycles. The first-order valence-corrected chi connectivity index (χ1v) is 7.97. The summed E-state index contributed by atoms with van der Waals surface area (Å²) in [6, 6.07) is 18.5. The normalized spacial score (nSPS) is 10.2. The molecule has 3 rings (SSSR count). The van der Waals surface area contributed by atoms with E-state index in [0.29, 0.717) is 30.0 Å². The van der Waals surface area contributed by atoms with Crippen molar-refractivity contribution in [2.24, 2.45) is 0 Å². The van der Waals surface area contributed by atoms with Crippen molar-refractivity contribution in [3.63, 3.8) is 0 Å². The van der Waals surface area contributed by atoms with Crippen molar-refractivity contribution in [2.75, 3.05) is 5.32 Å². The van der Waals surface area contributed by atoms with Crippen molar-refractivity contribution in [1.29, 1.82) is 5.26 Å². The molecule has 0 radical (unpaired) electrons. The number of nitriles is 1. The van der Waals surface area contributed by atoms with Crippen LogP contribution in [0, 0.1) is 18.3 Å². The van der Waals surface area contributed by atoms with E-state index in [1.807, 2.05) is 37.3 Å². The Morgan fingerprint density at radius 1 is 1.20 bits per heavy atom. The van der Waals surface area contributed by atoms with E-state index >= 15 is 0 Å². The summed E-state index contributed by atoms with van der Waals surface area (Å²) in [5, 5.41) is 11.7. The van der Waals surface area contributed by atoms with Crippen LogP contribution in [0.25, 0.3) is 11.5 Å². The van der Waals surface area contributed by atoms with Gasteiger partial charge < -0.3 is 9.73 Å². The maximum Gasteiger partial charge on any atom is 0.226 e. The highest BCUT2D eigenvalue weighted by Gasteiger charge is 2.13. The molecule has 3 aromatic rings. The van der Waals surface area contributed by atoms with Gasteiger partial charge >= 0.3 is 0 Å². The van der Waals surface area contributed by atoms with Gasteiger partial charge in [0.1, 0.15) is 5.76 Å². The summed E-state index contributed by atoms with van der Waals surface area (Å²) in [6.45, 7) is 1.85. The molecule has 0 aliphatic heterocycles. The van der Waals surface area contributed by atoms with E-state index < -0.39 is 0 Å². The first kappa shape index (κ1) is 16.5. The molecule has 1 amide bonds. The fraction of sp³-hybridized carbons (Fsp3) is 0.150. The molecule has 0 unspecified atom stereocenters. The third-order valence-electron chi connectivity index (χ3n) is 3.78. The van der Waals surface area contributed by atoms with Gasteiger partial charge in [-0.3, -0.25) is 4.79 Å². The van der Waals surface area contributed by atoms with Gasteiger partial charge in [0.05, 0.1) is 17.3 Å². The van der Waals surface area contributed by atoms with Crippen molar-refractivity contribution >= 4 is 11.6 Å². The van der Waals surface area contributed by atoms with E-state index in [2.05, 4.69) is 16.4 Å². The Bertz CT molecular complexity index is 924. The molecule has 0 atom stereocenters. The van der Waals surface area contributed by atoms with Gasteiger partial charge in [-0.2, -0.15) is 5.26 Å². The lowest BCUT2D eigenvalue weighted by molar-refractivity contribution is -0.116. The molecule has 2 aromatic carbocycles. The van der Waals surface area contributed by atoms with E-state index in [0.717, 1.165) is 17.0 Å². The Morgan fingerprint density at radius 3 is 2.76 bits per heavy atom. The van der Waals surface area contributed by atoms with Crippen molar-refractivity contribution < 1.29 is 9.21 Å². The smallest absolute Gasteiger partial charge is 0.226 e. The Balaban J connectivity index is 1.62. The Morgan fingerprint density at radius 2 is 2.00 bits per heavy atom. The fourth-order valence-corrected chi connectivity index (χ4v) is 2.49. The molecule has 1 heterocycles. The molecular weight excluding hydrogens is 314 g/mol. The number of nitrogens with one attached hydrogen (secondary N) is 1. The Kier molecular flexibility index (Phi) is 4.91. The predicted molar refractivity (Wildman–Crippen MR) is 94.8 cm³/mol. The minimum Gasteiger partial charge on any atom is -0.441 e. The Labute approximate surface area is 145 Å². The lowest BCUT2D eigenvalue weighted by Gasteiger charge is -2.04. The van der Waals surface area contributed by atoms with Crippen LogP contribution in [0.3, 0.4) is 0 Å². The van der Waals surface area contributed by atoms with Gasteiger partial charge in [0.2, 0.25) is 11.8 Å². The van der Waals surface area contributed by atoms with Crippen LogP contribution in [-0.2, 0) is 11.2 Å². The number of hydrogen-bond donors (Lipinski definition) is 1. The van der Waals surface area contributed by atoms with E-state index in [1.54, 1.807) is 24.3 Å². The molecular formula is C20H17N3O2. The summed E-state index contributed by atoms with van der Waals surface area (Å²) in [5.74, 6) is 1.16. The van der Waals surface area contributed by atoms with Crippen molar-refractivity contribution in [2.45, 2.75) is 19.8 Å². The molecule has 25 heavy (non-hydrogen) atoms. The number of amides is 1. The van der Waals surface area contributed by atoms with Gasteiger partial charge in [-0.05, 0) is 37.3 Å². The van der Waals surface area contributed by atoms with Crippen molar-refractivity contribution in [3.05, 3.63) is 71.6 Å². The molecule has 5 heteroatoms. The van der Waals surface area contributed by atoms with E-state index in [4.69, 9.17) is 9.68 Å². The first-order valence-electron chi connectivity index (χ1n) is 7.97. The van der Waals surface area contributed by atoms with Crippen LogP contribution in [0.15, 0.2) is 59.0 Å². The number of carbonyl (C=O) groups is 1. The van der Waals surface area contributed by atoms with Gasteiger partial charge in [-0.1, -0.05) is 24.3 Å². The highest BCUT2D eigenvalue weighted by Crippen LogP contribution is 2.22. The molecule has 0 aliphatic carbocycles. The SMILES string of the molecule is Cc1oc(-c2ccccc2)nc1CCC(=O)Nc1cccc(C#N)c1. The third kappa shape index (κ3) is 4.12. The minimum absolute atomic E-state index is 0.126. The Hall–Kier alpha value is -3.39. The van der Waals surface area contributed by atoms with Gasteiger partial charge in [0.15, 0.2) is 0 Å². The number of carbonyl (C=O) groups excluding carboxylic acids is 1. The second-order valence-corrected chi connectivity index (χ2v) is 5.63. The standard InChI is InChI=1S/C20H17N3O2/c1-14-18(23-20(25-14)16-7-3-2-4-8-16)10-11-19(24)22-17-9-5-6-15(12-17)13-21/h2-9,12H,10-11H2,1H3,(H,22,24). The van der Waals surface area contributed by atoms with Crippen molar-refractivity contribution in [1.82, 2.24) is 4.98 Å². The zero-order valence-corrected chi connectivity index (χ0v) is 13.8. The summed E-state index contributed by atoms with van der Waals surface area (Å²) >= 11 is 0. The zero-order valence-electron chi connectivity index (χ0n) is 13.8. The molecule has 1 N–H and O–H groups in total. The molecule has 5 nitrogen and oxygen atoms in total.